The fraction of sp³-hybridized carbons (Fsp3) is 0.368. The van der Waals surface area contributed by atoms with Crippen LogP contribution in [0.3, 0.4) is 0 Å². The van der Waals surface area contributed by atoms with Crippen LogP contribution in [0.4, 0.5) is 0 Å². The smallest absolute Gasteiger partial charge is 0.120 e. The normalized spacial score (nSPS) is 20.8. The number of hydrogen-bond acceptors (Lipinski definition) is 3. The van der Waals surface area contributed by atoms with E-state index in [4.69, 9.17) is 9.47 Å². The van der Waals surface area contributed by atoms with Gasteiger partial charge in [-0.15, -0.1) is 0 Å². The van der Waals surface area contributed by atoms with Gasteiger partial charge in [0.15, 0.2) is 0 Å². The Kier molecular flexibility index (Phi) is 4.96. The lowest BCUT2D eigenvalue weighted by Crippen LogP contribution is -2.36. The Morgan fingerprint density at radius 3 is 2.41 bits per heavy atom. The van der Waals surface area contributed by atoms with Crippen molar-refractivity contribution in [3.8, 4) is 11.5 Å². The van der Waals surface area contributed by atoms with Gasteiger partial charge in [-0.2, -0.15) is 0 Å². The molecule has 1 aliphatic rings. The van der Waals surface area contributed by atoms with Crippen molar-refractivity contribution in [2.75, 3.05) is 7.05 Å². The molecule has 3 rings (SSSR count). The minimum absolute atomic E-state index is 0.279. The lowest BCUT2D eigenvalue weighted by Gasteiger charge is -2.20. The van der Waals surface area contributed by atoms with E-state index in [2.05, 4.69) is 17.4 Å². The molecular formula is C19H23NO2. The van der Waals surface area contributed by atoms with E-state index in [1.807, 2.05) is 49.5 Å². The summed E-state index contributed by atoms with van der Waals surface area (Å²) in [6.45, 7) is 0.589. The summed E-state index contributed by atoms with van der Waals surface area (Å²) in [6, 6.07) is 18.6. The summed E-state index contributed by atoms with van der Waals surface area (Å²) in [5.74, 6) is 1.78. The Morgan fingerprint density at radius 1 is 0.955 bits per heavy atom. The molecule has 0 radical (unpaired) electrons. The summed E-state index contributed by atoms with van der Waals surface area (Å²) in [6.07, 6.45) is 3.83. The zero-order valence-corrected chi connectivity index (χ0v) is 13.0. The molecule has 116 valence electrons. The minimum atomic E-state index is 0.279. The molecule has 0 aromatic heterocycles. The fourth-order valence-electron chi connectivity index (χ4n) is 2.93. The molecule has 2 atom stereocenters. The van der Waals surface area contributed by atoms with Crippen LogP contribution in [0.5, 0.6) is 11.5 Å². The highest BCUT2D eigenvalue weighted by Crippen LogP contribution is 2.26. The molecular weight excluding hydrogens is 274 g/mol. The summed E-state index contributed by atoms with van der Waals surface area (Å²) in [5.41, 5.74) is 1.17. The standard InChI is InChI=1S/C19H23NO2/c1-20-18-8-5-9-19(18)22-17-12-10-16(11-13-17)21-14-15-6-3-2-4-7-15/h2-4,6-7,10-13,18-20H,5,8-9,14H2,1H3/t18-,19+/m0/s1. The van der Waals surface area contributed by atoms with Crippen molar-refractivity contribution in [3.05, 3.63) is 60.2 Å². The molecule has 1 fully saturated rings. The third-order valence-corrected chi connectivity index (χ3v) is 4.18. The maximum atomic E-state index is 6.08. The van der Waals surface area contributed by atoms with Crippen molar-refractivity contribution in [3.63, 3.8) is 0 Å². The zero-order chi connectivity index (χ0) is 15.2. The van der Waals surface area contributed by atoms with E-state index < -0.39 is 0 Å². The van der Waals surface area contributed by atoms with E-state index >= 15 is 0 Å². The zero-order valence-electron chi connectivity index (χ0n) is 13.0. The Labute approximate surface area is 132 Å². The van der Waals surface area contributed by atoms with E-state index in [0.717, 1.165) is 17.9 Å². The second-order valence-electron chi connectivity index (χ2n) is 5.73. The van der Waals surface area contributed by atoms with Gasteiger partial charge in [0.1, 0.15) is 24.2 Å². The molecule has 1 aliphatic carbocycles. The minimum Gasteiger partial charge on any atom is -0.489 e. The number of likely N-dealkylation sites (N-methyl/N-ethyl adjacent to an activating group) is 1. The largest absolute Gasteiger partial charge is 0.489 e. The third-order valence-electron chi connectivity index (χ3n) is 4.18. The van der Waals surface area contributed by atoms with Crippen LogP contribution < -0.4 is 14.8 Å². The van der Waals surface area contributed by atoms with Gasteiger partial charge in [-0.25, -0.2) is 0 Å². The molecule has 22 heavy (non-hydrogen) atoms. The van der Waals surface area contributed by atoms with Crippen LogP contribution in [0, 0.1) is 0 Å². The molecule has 1 N–H and O–H groups in total. The summed E-state index contributed by atoms with van der Waals surface area (Å²) in [4.78, 5) is 0. The Morgan fingerprint density at radius 2 is 1.68 bits per heavy atom. The number of benzene rings is 2. The summed E-state index contributed by atoms with van der Waals surface area (Å²) < 4.78 is 11.9. The number of ether oxygens (including phenoxy) is 2. The monoisotopic (exact) mass is 297 g/mol. The van der Waals surface area contributed by atoms with Crippen LogP contribution in [0.25, 0.3) is 0 Å². The first-order chi connectivity index (χ1) is 10.8. The van der Waals surface area contributed by atoms with Crippen LogP contribution in [0.1, 0.15) is 24.8 Å². The highest BCUT2D eigenvalue weighted by Gasteiger charge is 2.27. The third kappa shape index (κ3) is 3.80. The predicted molar refractivity (Wildman–Crippen MR) is 88.3 cm³/mol. The second-order valence-corrected chi connectivity index (χ2v) is 5.73. The molecule has 0 saturated heterocycles. The van der Waals surface area contributed by atoms with Crippen molar-refractivity contribution in [2.24, 2.45) is 0 Å². The van der Waals surface area contributed by atoms with Crippen molar-refractivity contribution in [1.29, 1.82) is 0 Å². The van der Waals surface area contributed by atoms with E-state index in [1.165, 1.54) is 18.4 Å². The van der Waals surface area contributed by atoms with E-state index in [1.54, 1.807) is 0 Å². The maximum absolute atomic E-state index is 6.08. The summed E-state index contributed by atoms with van der Waals surface area (Å²) in [5, 5.41) is 3.33. The Balaban J connectivity index is 1.54. The molecule has 0 heterocycles. The molecule has 3 nitrogen and oxygen atoms in total. The number of rotatable bonds is 6. The quantitative estimate of drug-likeness (QED) is 0.880. The molecule has 1 saturated carbocycles. The summed E-state index contributed by atoms with van der Waals surface area (Å²) in [7, 11) is 2.01. The first-order valence-corrected chi connectivity index (χ1v) is 7.96. The van der Waals surface area contributed by atoms with Gasteiger partial charge < -0.3 is 14.8 Å². The number of hydrogen-bond donors (Lipinski definition) is 1. The predicted octanol–water partition coefficient (Wildman–Crippen LogP) is 3.78. The molecule has 0 aliphatic heterocycles. The van der Waals surface area contributed by atoms with Crippen LogP contribution >= 0.6 is 0 Å². The van der Waals surface area contributed by atoms with Crippen LogP contribution in [0.2, 0.25) is 0 Å². The van der Waals surface area contributed by atoms with E-state index in [0.29, 0.717) is 12.6 Å². The maximum Gasteiger partial charge on any atom is 0.120 e. The van der Waals surface area contributed by atoms with Gasteiger partial charge >= 0.3 is 0 Å². The van der Waals surface area contributed by atoms with Crippen LogP contribution in [0.15, 0.2) is 54.6 Å². The van der Waals surface area contributed by atoms with E-state index in [9.17, 15) is 0 Å². The average molecular weight is 297 g/mol. The van der Waals surface area contributed by atoms with Crippen molar-refractivity contribution < 1.29 is 9.47 Å². The Bertz CT molecular complexity index is 568. The second kappa shape index (κ2) is 7.32. The van der Waals surface area contributed by atoms with Crippen molar-refractivity contribution in [2.45, 2.75) is 38.0 Å². The summed E-state index contributed by atoms with van der Waals surface area (Å²) >= 11 is 0. The lowest BCUT2D eigenvalue weighted by atomic mass is 10.2. The molecule has 2 aromatic rings. The van der Waals surface area contributed by atoms with Gasteiger partial charge in [0, 0.05) is 6.04 Å². The van der Waals surface area contributed by atoms with Gasteiger partial charge in [0.05, 0.1) is 0 Å². The topological polar surface area (TPSA) is 30.5 Å². The van der Waals surface area contributed by atoms with Gasteiger partial charge in [-0.3, -0.25) is 0 Å². The first kappa shape index (κ1) is 14.9. The fourth-order valence-corrected chi connectivity index (χ4v) is 2.93. The molecule has 0 amide bonds. The average Bonchev–Trinajstić information content (AvgIpc) is 3.02. The molecule has 2 aromatic carbocycles. The Hall–Kier alpha value is -2.00. The highest BCUT2D eigenvalue weighted by molar-refractivity contribution is 5.32. The first-order valence-electron chi connectivity index (χ1n) is 7.96. The lowest BCUT2D eigenvalue weighted by molar-refractivity contribution is 0.178. The van der Waals surface area contributed by atoms with Gasteiger partial charge in [0.2, 0.25) is 0 Å². The van der Waals surface area contributed by atoms with Gasteiger partial charge in [-0.1, -0.05) is 30.3 Å². The molecule has 0 unspecified atom stereocenters. The molecule has 0 bridgehead atoms. The van der Waals surface area contributed by atoms with Crippen LogP contribution in [-0.2, 0) is 6.61 Å². The van der Waals surface area contributed by atoms with Crippen molar-refractivity contribution >= 4 is 0 Å². The SMILES string of the molecule is CN[C@H]1CCC[C@H]1Oc1ccc(OCc2ccccc2)cc1. The van der Waals surface area contributed by atoms with E-state index in [-0.39, 0.29) is 6.10 Å². The molecule has 3 heteroatoms. The van der Waals surface area contributed by atoms with Gasteiger partial charge in [0.25, 0.3) is 0 Å². The highest BCUT2D eigenvalue weighted by atomic mass is 16.5. The molecule has 0 spiro atoms. The van der Waals surface area contributed by atoms with Crippen molar-refractivity contribution in [1.82, 2.24) is 5.32 Å². The van der Waals surface area contributed by atoms with Gasteiger partial charge in [-0.05, 0) is 56.1 Å². The van der Waals surface area contributed by atoms with Crippen LogP contribution in [-0.4, -0.2) is 19.2 Å². The number of nitrogens with one attached hydrogen (secondary N) is 1.